The first-order valence-corrected chi connectivity index (χ1v) is 5.34. The van der Waals surface area contributed by atoms with Crippen molar-refractivity contribution in [3.05, 3.63) is 60.3 Å². The van der Waals surface area contributed by atoms with Crippen LogP contribution in [0.15, 0.2) is 24.4 Å². The zero-order valence-corrected chi connectivity index (χ0v) is 10.1. The lowest BCUT2D eigenvalue weighted by atomic mass is 10.1. The van der Waals surface area contributed by atoms with Crippen LogP contribution in [0.1, 0.15) is 5.56 Å². The van der Waals surface area contributed by atoms with Crippen molar-refractivity contribution in [3.63, 3.8) is 0 Å². The zero-order chi connectivity index (χ0) is 15.6. The van der Waals surface area contributed by atoms with Crippen LogP contribution in [-0.4, -0.2) is 29.8 Å². The van der Waals surface area contributed by atoms with Crippen LogP contribution in [0.25, 0.3) is 0 Å². The average molecular weight is 294 g/mol. The normalized spacial score (nSPS) is 10.3. The molecule has 12 nitrogen and oxygen atoms in total. The van der Waals surface area contributed by atoms with Crippen LogP contribution in [0.5, 0.6) is 0 Å². The molecule has 108 valence electrons. The van der Waals surface area contributed by atoms with E-state index in [9.17, 15) is 30.3 Å². The van der Waals surface area contributed by atoms with Crippen molar-refractivity contribution in [3.8, 4) is 0 Å². The van der Waals surface area contributed by atoms with Gasteiger partial charge < -0.3 is 10.1 Å². The molecule has 0 aliphatic rings. The minimum Gasteiger partial charge on any atom is -0.358 e. The lowest BCUT2D eigenvalue weighted by Crippen LogP contribution is -2.04. The molecular formula is C9H6N6O6. The van der Waals surface area contributed by atoms with Gasteiger partial charge in [0.2, 0.25) is 0 Å². The number of rotatable bonds is 5. The number of benzene rings is 1. The summed E-state index contributed by atoms with van der Waals surface area (Å²) in [5.74, 6) is -0.500. The fourth-order valence-electron chi connectivity index (χ4n) is 1.59. The van der Waals surface area contributed by atoms with E-state index in [-0.39, 0.29) is 12.1 Å². The second kappa shape index (κ2) is 5.28. The Morgan fingerprint density at radius 1 is 1.05 bits per heavy atom. The number of hydrogen-bond acceptors (Lipinski definition) is 8. The SMILES string of the molecule is O=[N+]([O-])c1ccc(Cn2cc([N+](=O)[O-])nn2)c([N+](=O)[O-])c1. The molecule has 0 saturated carbocycles. The number of nitro benzene ring substituents is 2. The highest BCUT2D eigenvalue weighted by molar-refractivity contribution is 5.49. The van der Waals surface area contributed by atoms with Gasteiger partial charge >= 0.3 is 5.82 Å². The third-order valence-electron chi connectivity index (χ3n) is 2.52. The van der Waals surface area contributed by atoms with Crippen molar-refractivity contribution in [1.82, 2.24) is 15.0 Å². The summed E-state index contributed by atoms with van der Waals surface area (Å²) in [5, 5.41) is 38.7. The van der Waals surface area contributed by atoms with Gasteiger partial charge in [-0.15, -0.1) is 0 Å². The molecule has 12 heteroatoms. The number of hydrogen-bond donors (Lipinski definition) is 0. The van der Waals surface area contributed by atoms with Gasteiger partial charge in [0.15, 0.2) is 0 Å². The molecule has 0 atom stereocenters. The van der Waals surface area contributed by atoms with Gasteiger partial charge in [-0.3, -0.25) is 20.2 Å². The fourth-order valence-corrected chi connectivity index (χ4v) is 1.59. The van der Waals surface area contributed by atoms with Crippen LogP contribution in [0.3, 0.4) is 0 Å². The average Bonchev–Trinajstić information content (AvgIpc) is 2.87. The van der Waals surface area contributed by atoms with E-state index in [0.29, 0.717) is 0 Å². The van der Waals surface area contributed by atoms with E-state index in [2.05, 4.69) is 10.3 Å². The maximum absolute atomic E-state index is 10.9. The second-order valence-corrected chi connectivity index (χ2v) is 3.86. The van der Waals surface area contributed by atoms with E-state index in [1.165, 1.54) is 6.07 Å². The molecule has 0 unspecified atom stereocenters. The Kier molecular flexibility index (Phi) is 3.51. The first kappa shape index (κ1) is 14.0. The van der Waals surface area contributed by atoms with Gasteiger partial charge in [0, 0.05) is 6.07 Å². The molecule has 1 aromatic heterocycles. The van der Waals surface area contributed by atoms with Crippen LogP contribution in [0.4, 0.5) is 17.2 Å². The highest BCUT2D eigenvalue weighted by Crippen LogP contribution is 2.25. The monoisotopic (exact) mass is 294 g/mol. The Balaban J connectivity index is 2.36. The molecule has 0 aliphatic carbocycles. The molecule has 0 amide bonds. The molecule has 21 heavy (non-hydrogen) atoms. The fraction of sp³-hybridized carbons (Fsp3) is 0.111. The minimum absolute atomic E-state index is 0.116. The standard InChI is InChI=1S/C9H6N6O6/c16-13(17)7-2-1-6(8(3-7)14(18)19)4-12-5-9(10-11-12)15(20)21/h1-3,5H,4H2. The van der Waals surface area contributed by atoms with Gasteiger partial charge in [0.1, 0.15) is 11.3 Å². The van der Waals surface area contributed by atoms with E-state index in [4.69, 9.17) is 0 Å². The first-order chi connectivity index (χ1) is 9.88. The van der Waals surface area contributed by atoms with Crippen molar-refractivity contribution < 1.29 is 14.8 Å². The Bertz CT molecular complexity index is 740. The third-order valence-corrected chi connectivity index (χ3v) is 2.52. The summed E-state index contributed by atoms with van der Waals surface area (Å²) in [6, 6.07) is 3.12. The molecule has 0 aliphatic heterocycles. The van der Waals surface area contributed by atoms with Crippen LogP contribution >= 0.6 is 0 Å². The number of nitro groups is 3. The number of non-ortho nitro benzene ring substituents is 1. The summed E-state index contributed by atoms with van der Waals surface area (Å²) < 4.78 is 1.03. The van der Waals surface area contributed by atoms with E-state index in [0.717, 1.165) is 23.0 Å². The summed E-state index contributed by atoms with van der Waals surface area (Å²) in [4.78, 5) is 29.7. The van der Waals surface area contributed by atoms with Crippen LogP contribution in [0, 0.1) is 30.3 Å². The Morgan fingerprint density at radius 3 is 2.29 bits per heavy atom. The van der Waals surface area contributed by atoms with Gasteiger partial charge in [-0.05, 0) is 11.0 Å². The highest BCUT2D eigenvalue weighted by atomic mass is 16.6. The van der Waals surface area contributed by atoms with Gasteiger partial charge in [-0.1, -0.05) is 0 Å². The Hall–Kier alpha value is -3.44. The smallest absolute Gasteiger partial charge is 0.358 e. The maximum atomic E-state index is 10.9. The molecule has 2 aromatic rings. The van der Waals surface area contributed by atoms with Gasteiger partial charge in [0.25, 0.3) is 11.4 Å². The highest BCUT2D eigenvalue weighted by Gasteiger charge is 2.21. The predicted molar refractivity (Wildman–Crippen MR) is 65.5 cm³/mol. The van der Waals surface area contributed by atoms with Crippen LogP contribution in [0.2, 0.25) is 0 Å². The lowest BCUT2D eigenvalue weighted by molar-refractivity contribution is -0.394. The summed E-state index contributed by atoms with van der Waals surface area (Å²) in [6.07, 6.45) is 1.01. The molecule has 0 radical (unpaired) electrons. The van der Waals surface area contributed by atoms with E-state index < -0.39 is 32.0 Å². The van der Waals surface area contributed by atoms with Gasteiger partial charge in [0.05, 0.1) is 33.2 Å². The van der Waals surface area contributed by atoms with Crippen molar-refractivity contribution in [1.29, 1.82) is 0 Å². The Morgan fingerprint density at radius 2 is 1.76 bits per heavy atom. The van der Waals surface area contributed by atoms with Gasteiger partial charge in [-0.2, -0.15) is 0 Å². The molecule has 1 heterocycles. The molecule has 0 N–H and O–H groups in total. The summed E-state index contributed by atoms with van der Waals surface area (Å²) in [7, 11) is 0. The van der Waals surface area contributed by atoms with E-state index >= 15 is 0 Å². The second-order valence-electron chi connectivity index (χ2n) is 3.86. The molecule has 0 saturated heterocycles. The minimum atomic E-state index is -0.770. The number of nitrogens with zero attached hydrogens (tertiary/aromatic N) is 6. The molecule has 0 spiro atoms. The molecule has 1 aromatic carbocycles. The Labute approximate surface area is 115 Å². The number of aromatic nitrogens is 3. The maximum Gasteiger partial charge on any atom is 0.410 e. The van der Waals surface area contributed by atoms with Crippen LogP contribution in [-0.2, 0) is 6.54 Å². The molecule has 2 rings (SSSR count). The van der Waals surface area contributed by atoms with E-state index in [1.54, 1.807) is 0 Å². The first-order valence-electron chi connectivity index (χ1n) is 5.34. The van der Waals surface area contributed by atoms with E-state index in [1.807, 2.05) is 0 Å². The summed E-state index contributed by atoms with van der Waals surface area (Å²) in [6.45, 7) is -0.171. The van der Waals surface area contributed by atoms with Gasteiger partial charge in [-0.25, -0.2) is 4.68 Å². The summed E-state index contributed by atoms with van der Waals surface area (Å²) >= 11 is 0. The lowest BCUT2D eigenvalue weighted by Gasteiger charge is -2.01. The van der Waals surface area contributed by atoms with Crippen molar-refractivity contribution in [2.45, 2.75) is 6.54 Å². The predicted octanol–water partition coefficient (Wildman–Crippen LogP) is 1.05. The topological polar surface area (TPSA) is 160 Å². The molecule has 0 bridgehead atoms. The summed E-state index contributed by atoms with van der Waals surface area (Å²) in [5.41, 5.74) is -0.775. The molecular weight excluding hydrogens is 288 g/mol. The van der Waals surface area contributed by atoms with Crippen LogP contribution < -0.4 is 0 Å². The van der Waals surface area contributed by atoms with Crippen molar-refractivity contribution >= 4 is 17.2 Å². The largest absolute Gasteiger partial charge is 0.410 e. The zero-order valence-electron chi connectivity index (χ0n) is 10.1. The third kappa shape index (κ3) is 2.94. The van der Waals surface area contributed by atoms with Crippen molar-refractivity contribution in [2.75, 3.05) is 0 Å². The van der Waals surface area contributed by atoms with Crippen molar-refractivity contribution in [2.24, 2.45) is 0 Å². The quantitative estimate of drug-likeness (QED) is 0.583. The molecule has 0 fully saturated rings.